The molecule has 0 aliphatic heterocycles. The zero-order chi connectivity index (χ0) is 14.4. The molecular weight excluding hydrogens is 276 g/mol. The van der Waals surface area contributed by atoms with Crippen molar-refractivity contribution >= 4 is 17.2 Å². The van der Waals surface area contributed by atoms with Crippen molar-refractivity contribution in [2.24, 2.45) is 7.05 Å². The molecule has 0 spiro atoms. The Morgan fingerprint density at radius 1 is 1.55 bits per heavy atom. The fourth-order valence-electron chi connectivity index (χ4n) is 2.01. The van der Waals surface area contributed by atoms with Crippen molar-refractivity contribution in [2.75, 3.05) is 13.2 Å². The van der Waals surface area contributed by atoms with Gasteiger partial charge in [0.2, 0.25) is 0 Å². The maximum absolute atomic E-state index is 11.8. The molecule has 0 aliphatic carbocycles. The maximum Gasteiger partial charge on any atom is 0.273 e. The molecule has 0 fully saturated rings. The number of amides is 1. The molecule has 2 heterocycles. The molecule has 2 aromatic heterocycles. The number of hydrogen-bond acceptors (Lipinski definition) is 5. The Morgan fingerprint density at radius 2 is 2.40 bits per heavy atom. The lowest BCUT2D eigenvalue weighted by molar-refractivity contribution is 0.0947. The van der Waals surface area contributed by atoms with Gasteiger partial charge in [0.05, 0.1) is 6.20 Å². The largest absolute Gasteiger partial charge is 0.396 e. The summed E-state index contributed by atoms with van der Waals surface area (Å²) in [6.07, 6.45) is 3.09. The van der Waals surface area contributed by atoms with Gasteiger partial charge in [-0.3, -0.25) is 9.48 Å². The van der Waals surface area contributed by atoms with Crippen LogP contribution in [0.1, 0.15) is 34.1 Å². The van der Waals surface area contributed by atoms with Crippen LogP contribution in [-0.2, 0) is 7.05 Å². The molecular formula is C13H18N4O2S. The summed E-state index contributed by atoms with van der Waals surface area (Å²) >= 11 is 1.68. The molecule has 1 atom stereocenters. The average molecular weight is 294 g/mol. The third-order valence-corrected chi connectivity index (χ3v) is 4.07. The summed E-state index contributed by atoms with van der Waals surface area (Å²) in [4.78, 5) is 13.1. The number of aromatic nitrogens is 3. The van der Waals surface area contributed by atoms with Crippen LogP contribution in [-0.4, -0.2) is 39.2 Å². The number of carbonyl (C=O) groups is 1. The van der Waals surface area contributed by atoms with Gasteiger partial charge in [0, 0.05) is 25.1 Å². The van der Waals surface area contributed by atoms with Gasteiger partial charge in [-0.15, -0.1) is 16.4 Å². The fraction of sp³-hybridized carbons (Fsp3) is 0.462. The molecule has 20 heavy (non-hydrogen) atoms. The number of hydrogen-bond donors (Lipinski definition) is 2. The zero-order valence-electron chi connectivity index (χ0n) is 11.3. The number of aryl methyl sites for hydroxylation is 1. The molecule has 1 amide bonds. The van der Waals surface area contributed by atoms with Crippen LogP contribution >= 0.6 is 11.3 Å². The minimum Gasteiger partial charge on any atom is -0.396 e. The van der Waals surface area contributed by atoms with Gasteiger partial charge in [0.15, 0.2) is 5.69 Å². The first kappa shape index (κ1) is 14.7. The van der Waals surface area contributed by atoms with Crippen molar-refractivity contribution in [3.8, 4) is 0 Å². The van der Waals surface area contributed by atoms with E-state index in [1.165, 1.54) is 9.56 Å². The van der Waals surface area contributed by atoms with Crippen molar-refractivity contribution in [1.82, 2.24) is 20.3 Å². The van der Waals surface area contributed by atoms with Crippen molar-refractivity contribution in [2.45, 2.75) is 18.8 Å². The van der Waals surface area contributed by atoms with Crippen LogP contribution < -0.4 is 5.32 Å². The van der Waals surface area contributed by atoms with Crippen LogP contribution in [0.25, 0.3) is 0 Å². The summed E-state index contributed by atoms with van der Waals surface area (Å²) < 4.78 is 1.50. The summed E-state index contributed by atoms with van der Waals surface area (Å²) in [5.74, 6) is 0.0641. The minimum atomic E-state index is -0.216. The van der Waals surface area contributed by atoms with Gasteiger partial charge >= 0.3 is 0 Å². The smallest absolute Gasteiger partial charge is 0.273 e. The molecule has 6 nitrogen and oxygen atoms in total. The topological polar surface area (TPSA) is 80.0 Å². The highest BCUT2D eigenvalue weighted by atomic mass is 32.1. The van der Waals surface area contributed by atoms with E-state index in [0.717, 1.165) is 6.42 Å². The van der Waals surface area contributed by atoms with Crippen molar-refractivity contribution in [1.29, 1.82) is 0 Å². The number of rotatable bonds is 7. The number of thiophene rings is 1. The highest BCUT2D eigenvalue weighted by Crippen LogP contribution is 2.26. The van der Waals surface area contributed by atoms with Gasteiger partial charge in [-0.1, -0.05) is 11.3 Å². The van der Waals surface area contributed by atoms with Crippen LogP contribution in [0.5, 0.6) is 0 Å². The van der Waals surface area contributed by atoms with E-state index in [9.17, 15) is 4.79 Å². The van der Waals surface area contributed by atoms with Gasteiger partial charge in [-0.2, -0.15) is 0 Å². The van der Waals surface area contributed by atoms with Gasteiger partial charge in [0.1, 0.15) is 0 Å². The quantitative estimate of drug-likeness (QED) is 0.803. The Hall–Kier alpha value is -1.73. The Morgan fingerprint density at radius 3 is 3.00 bits per heavy atom. The first-order chi connectivity index (χ1) is 9.70. The molecule has 7 heteroatoms. The number of aliphatic hydroxyl groups excluding tert-OH is 1. The molecule has 2 aromatic rings. The second-order valence-electron chi connectivity index (χ2n) is 4.55. The maximum atomic E-state index is 11.8. The van der Waals surface area contributed by atoms with E-state index in [1.807, 2.05) is 11.4 Å². The number of carbonyl (C=O) groups excluding carboxylic acids is 1. The predicted octanol–water partition coefficient (Wildman–Crippen LogP) is 1.16. The van der Waals surface area contributed by atoms with E-state index >= 15 is 0 Å². The highest BCUT2D eigenvalue weighted by Gasteiger charge is 2.14. The molecule has 0 radical (unpaired) electrons. The summed E-state index contributed by atoms with van der Waals surface area (Å²) in [6.45, 7) is 0.707. The normalized spacial score (nSPS) is 12.3. The number of nitrogens with one attached hydrogen (secondary N) is 1. The summed E-state index contributed by atoms with van der Waals surface area (Å²) in [6, 6.07) is 4.07. The molecule has 0 saturated carbocycles. The fourth-order valence-corrected chi connectivity index (χ4v) is 2.91. The lowest BCUT2D eigenvalue weighted by Gasteiger charge is -2.14. The van der Waals surface area contributed by atoms with E-state index in [1.54, 1.807) is 24.6 Å². The third kappa shape index (κ3) is 3.88. The van der Waals surface area contributed by atoms with Gasteiger partial charge in [0.25, 0.3) is 5.91 Å². The van der Waals surface area contributed by atoms with Crippen LogP contribution in [0.2, 0.25) is 0 Å². The molecule has 108 valence electrons. The van der Waals surface area contributed by atoms with Crippen LogP contribution in [0.3, 0.4) is 0 Å². The van der Waals surface area contributed by atoms with E-state index in [-0.39, 0.29) is 18.4 Å². The molecule has 0 unspecified atom stereocenters. The third-order valence-electron chi connectivity index (χ3n) is 3.04. The first-order valence-electron chi connectivity index (χ1n) is 6.49. The number of aliphatic hydroxyl groups is 1. The van der Waals surface area contributed by atoms with Gasteiger partial charge in [-0.25, -0.2) is 0 Å². The van der Waals surface area contributed by atoms with Crippen LogP contribution in [0, 0.1) is 0 Å². The van der Waals surface area contributed by atoms with E-state index in [2.05, 4.69) is 21.7 Å². The van der Waals surface area contributed by atoms with Gasteiger partial charge in [-0.05, 0) is 30.2 Å². The summed E-state index contributed by atoms with van der Waals surface area (Å²) in [5, 5.41) is 21.5. The Kier molecular flexibility index (Phi) is 5.25. The Balaban J connectivity index is 1.83. The van der Waals surface area contributed by atoms with Gasteiger partial charge < -0.3 is 10.4 Å². The Labute approximate surface area is 121 Å². The molecule has 2 rings (SSSR count). The average Bonchev–Trinajstić information content (AvgIpc) is 3.08. The number of nitrogens with zero attached hydrogens (tertiary/aromatic N) is 3. The zero-order valence-corrected chi connectivity index (χ0v) is 12.1. The second-order valence-corrected chi connectivity index (χ2v) is 5.53. The highest BCUT2D eigenvalue weighted by molar-refractivity contribution is 7.10. The van der Waals surface area contributed by atoms with E-state index < -0.39 is 0 Å². The molecule has 0 saturated heterocycles. The predicted molar refractivity (Wildman–Crippen MR) is 76.7 cm³/mol. The Bertz CT molecular complexity index is 538. The second kappa shape index (κ2) is 7.16. The van der Waals surface area contributed by atoms with Crippen molar-refractivity contribution < 1.29 is 9.90 Å². The van der Waals surface area contributed by atoms with Crippen molar-refractivity contribution in [3.63, 3.8) is 0 Å². The molecule has 0 aromatic carbocycles. The summed E-state index contributed by atoms with van der Waals surface area (Å²) in [7, 11) is 1.72. The summed E-state index contributed by atoms with van der Waals surface area (Å²) in [5.41, 5.74) is 0.322. The van der Waals surface area contributed by atoms with Crippen molar-refractivity contribution in [3.05, 3.63) is 34.3 Å². The van der Waals surface area contributed by atoms with E-state index in [0.29, 0.717) is 18.7 Å². The van der Waals surface area contributed by atoms with E-state index in [4.69, 9.17) is 5.11 Å². The molecule has 2 N–H and O–H groups in total. The standard InChI is InChI=1S/C13H18N4O2S/c1-17-9-11(15-16-17)13(19)14-6-4-10(5-7-18)12-3-2-8-20-12/h2-3,8-10,18H,4-7H2,1H3,(H,14,19)/t10-/m0/s1. The first-order valence-corrected chi connectivity index (χ1v) is 7.37. The van der Waals surface area contributed by atoms with Crippen LogP contribution in [0.15, 0.2) is 23.7 Å². The molecule has 0 aliphatic rings. The monoisotopic (exact) mass is 294 g/mol. The minimum absolute atomic E-state index is 0.153. The molecule has 0 bridgehead atoms. The van der Waals surface area contributed by atoms with Crippen LogP contribution in [0.4, 0.5) is 0 Å². The SMILES string of the molecule is Cn1cc(C(=O)NCC[C@@H](CCO)c2cccs2)nn1. The lowest BCUT2D eigenvalue weighted by atomic mass is 10.00. The lowest BCUT2D eigenvalue weighted by Crippen LogP contribution is -2.26.